The number of hydrogen-bond acceptors (Lipinski definition) is 4. The van der Waals surface area contributed by atoms with Gasteiger partial charge in [0.25, 0.3) is 5.91 Å². The lowest BCUT2D eigenvalue weighted by Gasteiger charge is -2.25. The molecule has 0 saturated carbocycles. The molecule has 0 aliphatic rings. The van der Waals surface area contributed by atoms with Gasteiger partial charge < -0.3 is 14.5 Å². The lowest BCUT2D eigenvalue weighted by atomic mass is 10.1. The predicted molar refractivity (Wildman–Crippen MR) is 110 cm³/mol. The molecule has 3 rings (SSSR count). The van der Waals surface area contributed by atoms with Gasteiger partial charge in [0.2, 0.25) is 0 Å². The van der Waals surface area contributed by atoms with Crippen molar-refractivity contribution >= 4 is 11.6 Å². The van der Waals surface area contributed by atoms with E-state index in [0.29, 0.717) is 18.8 Å². The van der Waals surface area contributed by atoms with Crippen molar-refractivity contribution in [3.8, 4) is 5.75 Å². The van der Waals surface area contributed by atoms with Gasteiger partial charge in [0.1, 0.15) is 17.3 Å². The number of furan rings is 1. The van der Waals surface area contributed by atoms with Gasteiger partial charge in [-0.25, -0.2) is 4.39 Å². The molecule has 0 aliphatic carbocycles. The highest BCUT2D eigenvalue weighted by Gasteiger charge is 2.17. The Balaban J connectivity index is 1.67. The highest BCUT2D eigenvalue weighted by molar-refractivity contribution is 6.02. The zero-order valence-electron chi connectivity index (χ0n) is 16.8. The summed E-state index contributed by atoms with van der Waals surface area (Å²) >= 11 is 0. The van der Waals surface area contributed by atoms with Crippen LogP contribution in [0.15, 0.2) is 65.1 Å². The van der Waals surface area contributed by atoms with Gasteiger partial charge >= 0.3 is 0 Å². The number of carbonyl (C=O) groups is 1. The molecule has 5 nitrogen and oxygen atoms in total. The largest absolute Gasteiger partial charge is 0.497 e. The van der Waals surface area contributed by atoms with Crippen molar-refractivity contribution in [2.24, 2.45) is 0 Å². The van der Waals surface area contributed by atoms with E-state index < -0.39 is 11.7 Å². The van der Waals surface area contributed by atoms with E-state index in [1.165, 1.54) is 12.1 Å². The molecule has 1 N–H and O–H groups in total. The van der Waals surface area contributed by atoms with Gasteiger partial charge in [0.05, 0.1) is 19.3 Å². The minimum atomic E-state index is -0.489. The fourth-order valence-corrected chi connectivity index (χ4v) is 2.96. The summed E-state index contributed by atoms with van der Waals surface area (Å²) in [6, 6.07) is 17.6. The van der Waals surface area contributed by atoms with Crippen LogP contribution in [0.4, 0.5) is 10.1 Å². The Labute approximate surface area is 170 Å². The molecule has 3 aromatic rings. The molecule has 0 atom stereocenters. The Kier molecular flexibility index (Phi) is 6.67. The number of amides is 1. The first-order valence-corrected chi connectivity index (χ1v) is 9.48. The van der Waals surface area contributed by atoms with E-state index in [9.17, 15) is 9.18 Å². The number of halogens is 1. The maximum Gasteiger partial charge on any atom is 0.291 e. The predicted octanol–water partition coefficient (Wildman–Crippen LogP) is 5.09. The van der Waals surface area contributed by atoms with Crippen molar-refractivity contribution in [2.45, 2.75) is 33.0 Å². The fourth-order valence-electron chi connectivity index (χ4n) is 2.96. The molecule has 0 unspecified atom stereocenters. The van der Waals surface area contributed by atoms with Gasteiger partial charge in [-0.15, -0.1) is 0 Å². The number of anilines is 1. The average molecular weight is 396 g/mol. The lowest BCUT2D eigenvalue weighted by molar-refractivity contribution is 0.0990. The van der Waals surface area contributed by atoms with Gasteiger partial charge in [-0.1, -0.05) is 24.3 Å². The maximum atomic E-state index is 13.7. The van der Waals surface area contributed by atoms with Crippen LogP contribution in [0, 0.1) is 5.82 Å². The fraction of sp³-hybridized carbons (Fsp3) is 0.261. The monoisotopic (exact) mass is 396 g/mol. The molecular formula is C23H25FN2O3. The van der Waals surface area contributed by atoms with E-state index in [1.54, 1.807) is 31.4 Å². The van der Waals surface area contributed by atoms with Crippen LogP contribution in [-0.2, 0) is 13.1 Å². The maximum absolute atomic E-state index is 13.7. The number of carbonyl (C=O) groups excluding carboxylic acids is 1. The number of ether oxygens (including phenoxy) is 1. The van der Waals surface area contributed by atoms with Crippen molar-refractivity contribution in [3.05, 3.63) is 83.6 Å². The standard InChI is InChI=1S/C23H25FN2O3/c1-16(2)26(14-17-7-6-8-18(13-17)28-3)15-19-11-12-22(29-19)23(27)25-21-10-5-4-9-20(21)24/h4-13,16H,14-15H2,1-3H3,(H,25,27). The van der Waals surface area contributed by atoms with Gasteiger partial charge in [-0.2, -0.15) is 0 Å². The third-order valence-electron chi connectivity index (χ3n) is 4.62. The van der Waals surface area contributed by atoms with Crippen LogP contribution in [0.25, 0.3) is 0 Å². The molecule has 0 aliphatic heterocycles. The molecule has 0 fully saturated rings. The zero-order valence-corrected chi connectivity index (χ0v) is 16.8. The smallest absolute Gasteiger partial charge is 0.291 e. The molecule has 0 bridgehead atoms. The molecule has 1 amide bonds. The van der Waals surface area contributed by atoms with Crippen LogP contribution in [0.1, 0.15) is 35.7 Å². The average Bonchev–Trinajstić information content (AvgIpc) is 3.18. The molecule has 1 heterocycles. The van der Waals surface area contributed by atoms with E-state index in [0.717, 1.165) is 11.3 Å². The first-order chi connectivity index (χ1) is 14.0. The Morgan fingerprint density at radius 1 is 1.10 bits per heavy atom. The van der Waals surface area contributed by atoms with Crippen molar-refractivity contribution in [2.75, 3.05) is 12.4 Å². The van der Waals surface area contributed by atoms with E-state index in [-0.39, 0.29) is 17.5 Å². The SMILES string of the molecule is COc1cccc(CN(Cc2ccc(C(=O)Nc3ccccc3F)o2)C(C)C)c1. The molecule has 1 aromatic heterocycles. The minimum Gasteiger partial charge on any atom is -0.497 e. The van der Waals surface area contributed by atoms with Crippen molar-refractivity contribution in [3.63, 3.8) is 0 Å². The highest BCUT2D eigenvalue weighted by atomic mass is 19.1. The summed E-state index contributed by atoms with van der Waals surface area (Å²) in [6.45, 7) is 5.47. The molecule has 0 saturated heterocycles. The van der Waals surface area contributed by atoms with E-state index in [2.05, 4.69) is 24.1 Å². The summed E-state index contributed by atoms with van der Waals surface area (Å²) in [6.07, 6.45) is 0. The number of para-hydroxylation sites is 1. The third kappa shape index (κ3) is 5.45. The van der Waals surface area contributed by atoms with Crippen LogP contribution < -0.4 is 10.1 Å². The number of rotatable bonds is 8. The van der Waals surface area contributed by atoms with E-state index in [1.807, 2.05) is 24.3 Å². The van der Waals surface area contributed by atoms with Gasteiger partial charge in [-0.05, 0) is 55.8 Å². The van der Waals surface area contributed by atoms with Crippen LogP contribution in [0.5, 0.6) is 5.75 Å². The van der Waals surface area contributed by atoms with Crippen LogP contribution in [-0.4, -0.2) is 24.0 Å². The summed E-state index contributed by atoms with van der Waals surface area (Å²) in [5, 5.41) is 2.53. The summed E-state index contributed by atoms with van der Waals surface area (Å²) in [7, 11) is 1.65. The normalized spacial score (nSPS) is 11.1. The van der Waals surface area contributed by atoms with Crippen LogP contribution in [0.3, 0.4) is 0 Å². The highest BCUT2D eigenvalue weighted by Crippen LogP contribution is 2.20. The molecule has 152 valence electrons. The Hall–Kier alpha value is -3.12. The number of hydrogen-bond donors (Lipinski definition) is 1. The molecule has 6 heteroatoms. The molecular weight excluding hydrogens is 371 g/mol. The second-order valence-corrected chi connectivity index (χ2v) is 7.05. The van der Waals surface area contributed by atoms with Crippen LogP contribution in [0.2, 0.25) is 0 Å². The quantitative estimate of drug-likeness (QED) is 0.576. The van der Waals surface area contributed by atoms with Crippen molar-refractivity contribution in [1.82, 2.24) is 4.90 Å². The number of benzene rings is 2. The topological polar surface area (TPSA) is 54.7 Å². The van der Waals surface area contributed by atoms with E-state index >= 15 is 0 Å². The zero-order chi connectivity index (χ0) is 20.8. The molecule has 2 aromatic carbocycles. The summed E-state index contributed by atoms with van der Waals surface area (Å²) < 4.78 is 24.7. The van der Waals surface area contributed by atoms with Gasteiger partial charge in [0, 0.05) is 12.6 Å². The summed E-state index contributed by atoms with van der Waals surface area (Å²) in [5.74, 6) is 0.659. The summed E-state index contributed by atoms with van der Waals surface area (Å²) in [4.78, 5) is 14.6. The summed E-state index contributed by atoms with van der Waals surface area (Å²) in [5.41, 5.74) is 1.25. The van der Waals surface area contributed by atoms with Crippen LogP contribution >= 0.6 is 0 Å². The second-order valence-electron chi connectivity index (χ2n) is 7.05. The first kappa shape index (κ1) is 20.6. The van der Waals surface area contributed by atoms with Crippen molar-refractivity contribution < 1.29 is 18.3 Å². The Bertz CT molecular complexity index is 968. The van der Waals surface area contributed by atoms with Gasteiger partial charge in [-0.3, -0.25) is 9.69 Å². The second kappa shape index (κ2) is 9.39. The Morgan fingerprint density at radius 2 is 1.90 bits per heavy atom. The van der Waals surface area contributed by atoms with E-state index in [4.69, 9.17) is 9.15 Å². The molecule has 0 spiro atoms. The molecule has 29 heavy (non-hydrogen) atoms. The third-order valence-corrected chi connectivity index (χ3v) is 4.62. The number of nitrogens with zero attached hydrogens (tertiary/aromatic N) is 1. The lowest BCUT2D eigenvalue weighted by Crippen LogP contribution is -2.29. The minimum absolute atomic E-state index is 0.122. The molecule has 0 radical (unpaired) electrons. The van der Waals surface area contributed by atoms with Crippen molar-refractivity contribution in [1.29, 1.82) is 0 Å². The number of nitrogens with one attached hydrogen (secondary N) is 1. The number of methoxy groups -OCH3 is 1. The first-order valence-electron chi connectivity index (χ1n) is 9.48. The van der Waals surface area contributed by atoms with Gasteiger partial charge in [0.15, 0.2) is 5.76 Å². The Morgan fingerprint density at radius 3 is 2.62 bits per heavy atom.